The highest BCUT2D eigenvalue weighted by molar-refractivity contribution is 5.95. The standard InChI is InChI=1S/C16H23N3O5/c1-2-23-15(21)12-5-3-7-19(10-12)11-14(20)18-16(22)17-9-13-6-4-8-24-13/h4,6,8,12H,2-3,5,7,9-11H2,1H3,(H2,17,18,20,22)/t12-/m1/s1. The molecule has 3 amide bonds. The number of nitrogens with one attached hydrogen (secondary N) is 2. The first-order valence-electron chi connectivity index (χ1n) is 8.07. The Bertz CT molecular complexity index is 558. The van der Waals surface area contributed by atoms with Crippen LogP contribution in [0.2, 0.25) is 0 Å². The van der Waals surface area contributed by atoms with E-state index in [1.165, 1.54) is 6.26 Å². The Morgan fingerprint density at radius 3 is 2.96 bits per heavy atom. The highest BCUT2D eigenvalue weighted by atomic mass is 16.5. The number of carbonyl (C=O) groups is 3. The van der Waals surface area contributed by atoms with Gasteiger partial charge in [-0.25, -0.2) is 4.79 Å². The Morgan fingerprint density at radius 2 is 2.25 bits per heavy atom. The predicted octanol–water partition coefficient (Wildman–Crippen LogP) is 0.881. The third kappa shape index (κ3) is 5.69. The normalized spacial score (nSPS) is 18.0. The van der Waals surface area contributed by atoms with Crippen molar-refractivity contribution in [2.45, 2.75) is 26.3 Å². The van der Waals surface area contributed by atoms with Gasteiger partial charge in [-0.2, -0.15) is 0 Å². The number of rotatable bonds is 6. The average molecular weight is 337 g/mol. The molecule has 24 heavy (non-hydrogen) atoms. The number of carbonyl (C=O) groups excluding carboxylic acids is 3. The second-order valence-corrected chi connectivity index (χ2v) is 5.64. The van der Waals surface area contributed by atoms with Crippen LogP contribution in [-0.4, -0.2) is 49.0 Å². The van der Waals surface area contributed by atoms with E-state index in [1.54, 1.807) is 19.1 Å². The molecule has 132 valence electrons. The molecule has 2 heterocycles. The number of nitrogens with zero attached hydrogens (tertiary/aromatic N) is 1. The molecule has 1 aliphatic rings. The first-order valence-corrected chi connectivity index (χ1v) is 8.07. The summed E-state index contributed by atoms with van der Waals surface area (Å²) in [4.78, 5) is 37.2. The lowest BCUT2D eigenvalue weighted by Gasteiger charge is -2.30. The summed E-state index contributed by atoms with van der Waals surface area (Å²) in [7, 11) is 0. The quantitative estimate of drug-likeness (QED) is 0.748. The van der Waals surface area contributed by atoms with Gasteiger partial charge in [-0.05, 0) is 38.4 Å². The number of amides is 3. The monoisotopic (exact) mass is 337 g/mol. The third-order valence-electron chi connectivity index (χ3n) is 3.75. The molecule has 0 bridgehead atoms. The van der Waals surface area contributed by atoms with Crippen molar-refractivity contribution in [1.29, 1.82) is 0 Å². The fourth-order valence-electron chi connectivity index (χ4n) is 2.65. The Hall–Kier alpha value is -2.35. The van der Waals surface area contributed by atoms with Crippen molar-refractivity contribution in [3.63, 3.8) is 0 Å². The summed E-state index contributed by atoms with van der Waals surface area (Å²) in [5, 5.41) is 4.81. The summed E-state index contributed by atoms with van der Waals surface area (Å²) in [5.74, 6) is -0.236. The minimum atomic E-state index is -0.574. The second-order valence-electron chi connectivity index (χ2n) is 5.64. The molecule has 0 aliphatic carbocycles. The van der Waals surface area contributed by atoms with Crippen molar-refractivity contribution >= 4 is 17.9 Å². The fraction of sp³-hybridized carbons (Fsp3) is 0.562. The summed E-state index contributed by atoms with van der Waals surface area (Å²) in [5.41, 5.74) is 0. The molecule has 0 saturated carbocycles. The van der Waals surface area contributed by atoms with Crippen LogP contribution in [0.15, 0.2) is 22.8 Å². The number of esters is 1. The fourth-order valence-corrected chi connectivity index (χ4v) is 2.65. The van der Waals surface area contributed by atoms with Crippen molar-refractivity contribution in [3.8, 4) is 0 Å². The molecule has 1 aromatic rings. The number of piperidine rings is 1. The molecule has 2 rings (SSSR count). The van der Waals surface area contributed by atoms with Gasteiger partial charge in [0, 0.05) is 6.54 Å². The van der Waals surface area contributed by atoms with Gasteiger partial charge in [0.25, 0.3) is 0 Å². The summed E-state index contributed by atoms with van der Waals surface area (Å²) >= 11 is 0. The van der Waals surface area contributed by atoms with Crippen LogP contribution >= 0.6 is 0 Å². The number of hydrogen-bond acceptors (Lipinski definition) is 6. The number of likely N-dealkylation sites (tertiary alicyclic amines) is 1. The zero-order valence-electron chi connectivity index (χ0n) is 13.7. The molecule has 0 aromatic carbocycles. The Kier molecular flexibility index (Phi) is 6.80. The SMILES string of the molecule is CCOC(=O)[C@@H]1CCCN(CC(=O)NC(=O)NCc2ccco2)C1. The van der Waals surface area contributed by atoms with E-state index in [0.29, 0.717) is 18.9 Å². The van der Waals surface area contributed by atoms with E-state index in [1.807, 2.05) is 4.90 Å². The summed E-state index contributed by atoms with van der Waals surface area (Å²) in [6, 6.07) is 2.87. The number of hydrogen-bond donors (Lipinski definition) is 2. The van der Waals surface area contributed by atoms with Gasteiger partial charge in [0.05, 0.1) is 31.9 Å². The van der Waals surface area contributed by atoms with Crippen LogP contribution in [0.1, 0.15) is 25.5 Å². The van der Waals surface area contributed by atoms with Gasteiger partial charge in [-0.3, -0.25) is 19.8 Å². The van der Waals surface area contributed by atoms with E-state index in [-0.39, 0.29) is 25.0 Å². The molecule has 1 saturated heterocycles. The van der Waals surface area contributed by atoms with Crippen LogP contribution in [0, 0.1) is 5.92 Å². The summed E-state index contributed by atoms with van der Waals surface area (Å²) in [6.45, 7) is 3.60. The van der Waals surface area contributed by atoms with E-state index < -0.39 is 11.9 Å². The molecule has 8 nitrogen and oxygen atoms in total. The Morgan fingerprint density at radius 1 is 1.42 bits per heavy atom. The van der Waals surface area contributed by atoms with Crippen LogP contribution < -0.4 is 10.6 Å². The van der Waals surface area contributed by atoms with Gasteiger partial charge in [-0.15, -0.1) is 0 Å². The average Bonchev–Trinajstić information content (AvgIpc) is 3.07. The van der Waals surface area contributed by atoms with Crippen LogP contribution in [0.25, 0.3) is 0 Å². The van der Waals surface area contributed by atoms with Crippen molar-refractivity contribution in [3.05, 3.63) is 24.2 Å². The first kappa shape index (κ1) is 18.0. The Labute approximate surface area is 140 Å². The molecule has 0 unspecified atom stereocenters. The molecule has 1 aliphatic heterocycles. The lowest BCUT2D eigenvalue weighted by atomic mass is 9.98. The lowest BCUT2D eigenvalue weighted by molar-refractivity contribution is -0.150. The van der Waals surface area contributed by atoms with Gasteiger partial charge in [0.2, 0.25) is 5.91 Å². The molecule has 0 radical (unpaired) electrons. The van der Waals surface area contributed by atoms with Crippen molar-refractivity contribution in [2.24, 2.45) is 5.92 Å². The molecular formula is C16H23N3O5. The number of imide groups is 1. The van der Waals surface area contributed by atoms with Crippen molar-refractivity contribution in [2.75, 3.05) is 26.2 Å². The molecule has 1 fully saturated rings. The maximum absolute atomic E-state index is 11.9. The van der Waals surface area contributed by atoms with E-state index in [2.05, 4.69) is 10.6 Å². The van der Waals surface area contributed by atoms with Crippen LogP contribution in [-0.2, 0) is 20.9 Å². The van der Waals surface area contributed by atoms with E-state index in [4.69, 9.17) is 9.15 Å². The molecule has 1 aromatic heterocycles. The first-order chi connectivity index (χ1) is 11.6. The van der Waals surface area contributed by atoms with Crippen LogP contribution in [0.4, 0.5) is 4.79 Å². The molecule has 8 heteroatoms. The molecular weight excluding hydrogens is 314 g/mol. The topological polar surface area (TPSA) is 101 Å². The molecule has 2 N–H and O–H groups in total. The number of furan rings is 1. The van der Waals surface area contributed by atoms with E-state index >= 15 is 0 Å². The molecule has 0 spiro atoms. The lowest BCUT2D eigenvalue weighted by Crippen LogP contribution is -2.47. The number of ether oxygens (including phenoxy) is 1. The van der Waals surface area contributed by atoms with E-state index in [9.17, 15) is 14.4 Å². The molecule has 1 atom stereocenters. The van der Waals surface area contributed by atoms with Gasteiger partial charge in [0.15, 0.2) is 0 Å². The summed E-state index contributed by atoms with van der Waals surface area (Å²) in [6.07, 6.45) is 3.10. The van der Waals surface area contributed by atoms with Crippen LogP contribution in [0.3, 0.4) is 0 Å². The van der Waals surface area contributed by atoms with E-state index in [0.717, 1.165) is 19.4 Å². The van der Waals surface area contributed by atoms with Gasteiger partial charge < -0.3 is 14.5 Å². The van der Waals surface area contributed by atoms with Crippen LogP contribution in [0.5, 0.6) is 0 Å². The number of urea groups is 1. The predicted molar refractivity (Wildman–Crippen MR) is 84.9 cm³/mol. The van der Waals surface area contributed by atoms with Gasteiger partial charge >= 0.3 is 12.0 Å². The highest BCUT2D eigenvalue weighted by Gasteiger charge is 2.27. The smallest absolute Gasteiger partial charge is 0.321 e. The third-order valence-corrected chi connectivity index (χ3v) is 3.75. The van der Waals surface area contributed by atoms with Gasteiger partial charge in [-0.1, -0.05) is 0 Å². The zero-order valence-corrected chi connectivity index (χ0v) is 13.7. The summed E-state index contributed by atoms with van der Waals surface area (Å²) < 4.78 is 10.1. The largest absolute Gasteiger partial charge is 0.467 e. The minimum Gasteiger partial charge on any atom is -0.467 e. The maximum Gasteiger partial charge on any atom is 0.321 e. The van der Waals surface area contributed by atoms with Crippen molar-refractivity contribution < 1.29 is 23.5 Å². The van der Waals surface area contributed by atoms with Crippen molar-refractivity contribution in [1.82, 2.24) is 15.5 Å². The van der Waals surface area contributed by atoms with Gasteiger partial charge in [0.1, 0.15) is 5.76 Å². The Balaban J connectivity index is 1.71. The maximum atomic E-state index is 11.9. The second kappa shape index (κ2) is 9.07. The highest BCUT2D eigenvalue weighted by Crippen LogP contribution is 2.17. The minimum absolute atomic E-state index is 0.0735. The zero-order chi connectivity index (χ0) is 17.4.